The quantitative estimate of drug-likeness (QED) is 0.231. The number of fused-ring (bicyclic) bond motifs is 1. The first-order valence-corrected chi connectivity index (χ1v) is 11.3. The lowest BCUT2D eigenvalue weighted by Gasteiger charge is -2.28. The zero-order chi connectivity index (χ0) is 25.0. The highest BCUT2D eigenvalue weighted by Crippen LogP contribution is 2.36. The van der Waals surface area contributed by atoms with Crippen molar-refractivity contribution in [3.8, 4) is 5.75 Å². The van der Waals surface area contributed by atoms with Crippen molar-refractivity contribution in [1.29, 1.82) is 0 Å². The Kier molecular flexibility index (Phi) is 7.69. The smallest absolute Gasteiger partial charge is 0.526 e. The number of benzene rings is 1. The molecule has 180 valence electrons. The summed E-state index contributed by atoms with van der Waals surface area (Å²) in [5.74, 6) is -2.26. The Bertz CT molecular complexity index is 1130. The first-order valence-electron chi connectivity index (χ1n) is 10.4. The van der Waals surface area contributed by atoms with Crippen LogP contribution in [0.5, 0.6) is 5.75 Å². The van der Waals surface area contributed by atoms with Crippen molar-refractivity contribution >= 4 is 47.0 Å². The van der Waals surface area contributed by atoms with Crippen LogP contribution in [0.4, 0.5) is 5.13 Å². The molecule has 0 radical (unpaired) electrons. The SMILES string of the molecule is Cc1cccc2c1OB(O)[C@@H](CC(=O)/C(=N\OC(C)(C)C(=O)O)c1csc(NC(=O)CN)n1)C2. The van der Waals surface area contributed by atoms with Gasteiger partial charge in [0.2, 0.25) is 11.5 Å². The lowest BCUT2D eigenvalue weighted by atomic mass is 9.64. The molecule has 1 amide bonds. The maximum absolute atomic E-state index is 13.2. The summed E-state index contributed by atoms with van der Waals surface area (Å²) in [4.78, 5) is 45.5. The number of nitrogens with one attached hydrogen (secondary N) is 1. The van der Waals surface area contributed by atoms with Gasteiger partial charge in [-0.1, -0.05) is 23.4 Å². The standard InChI is InChI=1S/C21H25BN4O7S/c1-11-5-4-6-12-7-13(22(31)32-18(11)12)8-15(27)17(26-33-21(2,3)19(29)30)14-10-34-20(24-14)25-16(28)9-23/h4-6,10,13,31H,7-9,23H2,1-3H3,(H,29,30)(H,24,25,28)/b26-17-/t13-/m1/s1. The first kappa shape index (κ1) is 25.3. The van der Waals surface area contributed by atoms with E-state index in [0.717, 1.165) is 22.5 Å². The first-order chi connectivity index (χ1) is 16.0. The molecule has 0 aliphatic carbocycles. The Morgan fingerprint density at radius 2 is 2.15 bits per heavy atom. The van der Waals surface area contributed by atoms with Crippen LogP contribution in [0.3, 0.4) is 0 Å². The largest absolute Gasteiger partial charge is 0.536 e. The number of anilines is 1. The molecule has 2 aromatic rings. The summed E-state index contributed by atoms with van der Waals surface area (Å²) in [5.41, 5.74) is 5.19. The molecule has 5 N–H and O–H groups in total. The van der Waals surface area contributed by atoms with Crippen LogP contribution in [-0.4, -0.2) is 57.8 Å². The minimum absolute atomic E-state index is 0.0889. The normalized spacial score (nSPS) is 15.9. The maximum Gasteiger partial charge on any atom is 0.526 e. The van der Waals surface area contributed by atoms with Gasteiger partial charge in [-0.2, -0.15) is 0 Å². The van der Waals surface area contributed by atoms with E-state index in [1.54, 1.807) is 0 Å². The number of nitrogens with zero attached hydrogens (tertiary/aromatic N) is 2. The molecule has 1 aliphatic heterocycles. The van der Waals surface area contributed by atoms with Crippen LogP contribution in [0.2, 0.25) is 5.82 Å². The number of carbonyl (C=O) groups is 3. The number of thiazole rings is 1. The monoisotopic (exact) mass is 488 g/mol. The third-order valence-corrected chi connectivity index (χ3v) is 5.95. The Hall–Kier alpha value is -3.29. The van der Waals surface area contributed by atoms with Gasteiger partial charge in [0, 0.05) is 17.6 Å². The summed E-state index contributed by atoms with van der Waals surface area (Å²) in [5, 5.41) is 27.8. The van der Waals surface area contributed by atoms with E-state index in [0.29, 0.717) is 12.2 Å². The molecule has 11 nitrogen and oxygen atoms in total. The van der Waals surface area contributed by atoms with Gasteiger partial charge >= 0.3 is 13.1 Å². The maximum atomic E-state index is 13.2. The minimum atomic E-state index is -1.71. The molecule has 1 atom stereocenters. The van der Waals surface area contributed by atoms with Crippen molar-refractivity contribution in [2.75, 3.05) is 11.9 Å². The third kappa shape index (κ3) is 5.79. The van der Waals surface area contributed by atoms with Gasteiger partial charge in [-0.15, -0.1) is 11.3 Å². The Morgan fingerprint density at radius 3 is 2.82 bits per heavy atom. The average Bonchev–Trinajstić information content (AvgIpc) is 3.22. The highest BCUT2D eigenvalue weighted by molar-refractivity contribution is 7.14. The van der Waals surface area contributed by atoms with Crippen LogP contribution in [0.25, 0.3) is 0 Å². The van der Waals surface area contributed by atoms with E-state index >= 15 is 0 Å². The molecular formula is C21H25BN4O7S. The fourth-order valence-electron chi connectivity index (χ4n) is 3.20. The third-order valence-electron chi connectivity index (χ3n) is 5.19. The average molecular weight is 488 g/mol. The van der Waals surface area contributed by atoms with Gasteiger partial charge in [-0.25, -0.2) is 9.78 Å². The number of aliphatic carboxylic acids is 1. The van der Waals surface area contributed by atoms with Crippen molar-refractivity contribution in [2.45, 2.75) is 45.0 Å². The lowest BCUT2D eigenvalue weighted by molar-refractivity contribution is -0.161. The van der Waals surface area contributed by atoms with Crippen LogP contribution in [0.15, 0.2) is 28.7 Å². The second kappa shape index (κ2) is 10.3. The predicted octanol–water partition coefficient (Wildman–Crippen LogP) is 1.38. The molecule has 0 saturated carbocycles. The Balaban J connectivity index is 1.86. The topological polar surface area (TPSA) is 173 Å². The number of Topliss-reactive ketones (excluding diaryl/α,β-unsaturated/α-hetero) is 1. The number of ketones is 1. The van der Waals surface area contributed by atoms with Gasteiger partial charge in [-0.3, -0.25) is 9.59 Å². The van der Waals surface area contributed by atoms with Crippen molar-refractivity contribution in [3.63, 3.8) is 0 Å². The predicted molar refractivity (Wildman–Crippen MR) is 126 cm³/mol. The Labute approximate surface area is 200 Å². The van der Waals surface area contributed by atoms with Gasteiger partial charge in [0.15, 0.2) is 16.6 Å². The number of aromatic nitrogens is 1. The van der Waals surface area contributed by atoms with Crippen molar-refractivity contribution in [3.05, 3.63) is 40.4 Å². The number of nitrogens with two attached hydrogens (primary N) is 1. The molecule has 3 rings (SSSR count). The molecule has 1 aromatic heterocycles. The molecule has 0 fully saturated rings. The number of amides is 1. The van der Waals surface area contributed by atoms with Gasteiger partial charge in [-0.05, 0) is 38.3 Å². The van der Waals surface area contributed by atoms with Crippen molar-refractivity contribution in [2.24, 2.45) is 10.9 Å². The second-order valence-corrected chi connectivity index (χ2v) is 9.16. The highest BCUT2D eigenvalue weighted by atomic mass is 32.1. The zero-order valence-corrected chi connectivity index (χ0v) is 19.7. The molecule has 0 saturated heterocycles. The summed E-state index contributed by atoms with van der Waals surface area (Å²) in [7, 11) is -1.22. The number of rotatable bonds is 9. The molecule has 0 unspecified atom stereocenters. The summed E-state index contributed by atoms with van der Waals surface area (Å²) in [6, 6.07) is 5.61. The molecule has 2 heterocycles. The number of carboxylic acid groups (broad SMARTS) is 1. The van der Waals surface area contributed by atoms with Crippen molar-refractivity contribution < 1.29 is 34.0 Å². The molecule has 13 heteroatoms. The Morgan fingerprint density at radius 1 is 1.41 bits per heavy atom. The van der Waals surface area contributed by atoms with Crippen LogP contribution < -0.4 is 15.7 Å². The molecule has 0 spiro atoms. The van der Waals surface area contributed by atoms with E-state index in [9.17, 15) is 24.5 Å². The number of carboxylic acids is 1. The highest BCUT2D eigenvalue weighted by Gasteiger charge is 2.38. The number of aryl methyl sites for hydroxylation is 1. The number of hydrogen-bond donors (Lipinski definition) is 4. The van der Waals surface area contributed by atoms with E-state index in [2.05, 4.69) is 15.5 Å². The number of oxime groups is 1. The molecule has 34 heavy (non-hydrogen) atoms. The molecule has 1 aliphatic rings. The van der Waals surface area contributed by atoms with Crippen LogP contribution in [0, 0.1) is 6.92 Å². The summed E-state index contributed by atoms with van der Waals surface area (Å²) in [6.07, 6.45) is 0.236. The lowest BCUT2D eigenvalue weighted by Crippen LogP contribution is -2.37. The van der Waals surface area contributed by atoms with Crippen LogP contribution in [0.1, 0.15) is 37.1 Å². The van der Waals surface area contributed by atoms with E-state index in [1.807, 2.05) is 25.1 Å². The summed E-state index contributed by atoms with van der Waals surface area (Å²) < 4.78 is 5.65. The van der Waals surface area contributed by atoms with Gasteiger partial charge in [0.05, 0.1) is 6.54 Å². The molecule has 1 aromatic carbocycles. The molecule has 0 bridgehead atoms. The zero-order valence-electron chi connectivity index (χ0n) is 18.9. The van der Waals surface area contributed by atoms with Gasteiger partial charge < -0.3 is 30.7 Å². The number of carbonyl (C=O) groups excluding carboxylic acids is 2. The fourth-order valence-corrected chi connectivity index (χ4v) is 3.91. The van der Waals surface area contributed by atoms with Crippen molar-refractivity contribution in [1.82, 2.24) is 4.98 Å². The second-order valence-electron chi connectivity index (χ2n) is 8.30. The van der Waals surface area contributed by atoms with E-state index < -0.39 is 36.2 Å². The van der Waals surface area contributed by atoms with E-state index in [-0.39, 0.29) is 29.5 Å². The van der Waals surface area contributed by atoms with Crippen LogP contribution >= 0.6 is 11.3 Å². The van der Waals surface area contributed by atoms with E-state index in [4.69, 9.17) is 15.2 Å². The summed E-state index contributed by atoms with van der Waals surface area (Å²) in [6.45, 7) is 4.19. The van der Waals surface area contributed by atoms with Gasteiger partial charge in [0.25, 0.3) is 0 Å². The molecular weight excluding hydrogens is 463 g/mol. The number of hydrogen-bond acceptors (Lipinski definition) is 10. The number of para-hydroxylation sites is 1. The van der Waals surface area contributed by atoms with Gasteiger partial charge in [0.1, 0.15) is 11.4 Å². The van der Waals surface area contributed by atoms with Crippen LogP contribution in [-0.2, 0) is 25.6 Å². The van der Waals surface area contributed by atoms with E-state index in [1.165, 1.54) is 19.2 Å². The summed E-state index contributed by atoms with van der Waals surface area (Å²) >= 11 is 1.04. The fraction of sp³-hybridized carbons (Fsp3) is 0.381. The minimum Gasteiger partial charge on any atom is -0.536 e.